The predicted octanol–water partition coefficient (Wildman–Crippen LogP) is 4.29. The van der Waals surface area contributed by atoms with E-state index in [9.17, 15) is 4.79 Å². The maximum atomic E-state index is 12.0. The number of amides is 2. The molecule has 0 saturated carbocycles. The molecule has 0 saturated heterocycles. The molecule has 5 heteroatoms. The molecule has 1 aromatic carbocycles. The Morgan fingerprint density at radius 2 is 2.05 bits per heavy atom. The van der Waals surface area contributed by atoms with E-state index in [1.165, 1.54) is 0 Å². The van der Waals surface area contributed by atoms with Gasteiger partial charge in [0.05, 0.1) is 15.2 Å². The lowest BCUT2D eigenvalue weighted by Gasteiger charge is -2.19. The fraction of sp³-hybridized carbons (Fsp3) is 0.467. The van der Waals surface area contributed by atoms with Crippen LogP contribution < -0.4 is 5.32 Å². The van der Waals surface area contributed by atoms with Crippen molar-refractivity contribution in [3.05, 3.63) is 23.2 Å². The molecule has 1 heterocycles. The van der Waals surface area contributed by atoms with Crippen LogP contribution in [0, 0.1) is 0 Å². The molecule has 0 unspecified atom stereocenters. The number of carbonyl (C=O) groups excluding carboxylic acids is 1. The van der Waals surface area contributed by atoms with Gasteiger partial charge in [-0.2, -0.15) is 0 Å². The average Bonchev–Trinajstić information content (AvgIpc) is 2.83. The molecule has 0 fully saturated rings. The molecule has 20 heavy (non-hydrogen) atoms. The Labute approximate surface area is 123 Å². The van der Waals surface area contributed by atoms with Crippen LogP contribution in [0.5, 0.6) is 0 Å². The monoisotopic (exact) mass is 291 g/mol. The van der Waals surface area contributed by atoms with Crippen molar-refractivity contribution in [3.8, 4) is 0 Å². The second-order valence-corrected chi connectivity index (χ2v) is 6.05. The number of nitrogens with one attached hydrogen (secondary N) is 1. The molecule has 2 aromatic rings. The minimum Gasteiger partial charge on any atom is -0.325 e. The predicted molar refractivity (Wildman–Crippen MR) is 85.6 cm³/mol. The lowest BCUT2D eigenvalue weighted by molar-refractivity contribution is 0.217. The number of nitrogens with zero attached hydrogens (tertiary/aromatic N) is 2. The zero-order chi connectivity index (χ0) is 14.7. The Morgan fingerprint density at radius 3 is 2.65 bits per heavy atom. The molecular weight excluding hydrogens is 270 g/mol. The van der Waals surface area contributed by atoms with Crippen molar-refractivity contribution in [3.63, 3.8) is 0 Å². The van der Waals surface area contributed by atoms with Gasteiger partial charge in [-0.05, 0) is 32.0 Å². The summed E-state index contributed by atoms with van der Waals surface area (Å²) in [5.41, 5.74) is 1.83. The molecule has 0 aliphatic rings. The molecule has 2 rings (SSSR count). The molecule has 0 atom stereocenters. The van der Waals surface area contributed by atoms with Crippen LogP contribution in [-0.4, -0.2) is 29.0 Å². The van der Waals surface area contributed by atoms with Crippen LogP contribution in [0.1, 0.15) is 38.6 Å². The highest BCUT2D eigenvalue weighted by atomic mass is 32.1. The highest BCUT2D eigenvalue weighted by molar-refractivity contribution is 7.18. The second-order valence-electron chi connectivity index (χ2n) is 4.99. The first kappa shape index (κ1) is 14.8. The molecule has 1 aromatic heterocycles. The van der Waals surface area contributed by atoms with E-state index in [4.69, 9.17) is 0 Å². The molecule has 1 N–H and O–H groups in total. The van der Waals surface area contributed by atoms with Gasteiger partial charge in [0, 0.05) is 24.7 Å². The van der Waals surface area contributed by atoms with Crippen LogP contribution >= 0.6 is 11.3 Å². The van der Waals surface area contributed by atoms with Crippen LogP contribution in [-0.2, 0) is 0 Å². The van der Waals surface area contributed by atoms with E-state index in [0.717, 1.165) is 20.9 Å². The molecule has 0 aliphatic heterocycles. The zero-order valence-corrected chi connectivity index (χ0v) is 13.3. The number of rotatable bonds is 4. The SMILES string of the molecule is CCN(CC)C(=O)Nc1ccc2nc(C(C)C)sc2c1. The summed E-state index contributed by atoms with van der Waals surface area (Å²) >= 11 is 1.69. The molecule has 0 aliphatic carbocycles. The van der Waals surface area contributed by atoms with Crippen molar-refractivity contribution in [2.45, 2.75) is 33.6 Å². The number of benzene rings is 1. The summed E-state index contributed by atoms with van der Waals surface area (Å²) in [5, 5.41) is 4.07. The molecule has 4 nitrogen and oxygen atoms in total. The van der Waals surface area contributed by atoms with E-state index in [0.29, 0.717) is 19.0 Å². The third-order valence-electron chi connectivity index (χ3n) is 3.20. The highest BCUT2D eigenvalue weighted by Gasteiger charge is 2.11. The van der Waals surface area contributed by atoms with Gasteiger partial charge in [-0.15, -0.1) is 11.3 Å². The fourth-order valence-corrected chi connectivity index (χ4v) is 2.99. The highest BCUT2D eigenvalue weighted by Crippen LogP contribution is 2.29. The number of fused-ring (bicyclic) bond motifs is 1. The van der Waals surface area contributed by atoms with Gasteiger partial charge in [0.25, 0.3) is 0 Å². The summed E-state index contributed by atoms with van der Waals surface area (Å²) in [6.45, 7) is 9.65. The van der Waals surface area contributed by atoms with Gasteiger partial charge in [0.2, 0.25) is 0 Å². The van der Waals surface area contributed by atoms with Crippen molar-refractivity contribution in [1.29, 1.82) is 0 Å². The number of carbonyl (C=O) groups is 1. The number of hydrogen-bond acceptors (Lipinski definition) is 3. The van der Waals surface area contributed by atoms with Crippen molar-refractivity contribution in [2.75, 3.05) is 18.4 Å². The molecular formula is C15H21N3OS. The standard InChI is InChI=1S/C15H21N3OS/c1-5-18(6-2)15(19)16-11-7-8-12-13(9-11)20-14(17-12)10(3)4/h7-10H,5-6H2,1-4H3,(H,16,19). The van der Waals surface area contributed by atoms with Gasteiger partial charge in [-0.25, -0.2) is 9.78 Å². The summed E-state index contributed by atoms with van der Waals surface area (Å²) in [5.74, 6) is 0.432. The van der Waals surface area contributed by atoms with Crippen molar-refractivity contribution >= 4 is 33.3 Å². The van der Waals surface area contributed by atoms with E-state index < -0.39 is 0 Å². The first-order valence-corrected chi connectivity index (χ1v) is 7.83. The lowest BCUT2D eigenvalue weighted by Crippen LogP contribution is -2.34. The van der Waals surface area contributed by atoms with Crippen LogP contribution in [0.4, 0.5) is 10.5 Å². The third kappa shape index (κ3) is 3.10. The fourth-order valence-electron chi connectivity index (χ4n) is 1.98. The first-order chi connectivity index (χ1) is 9.55. The van der Waals surface area contributed by atoms with Crippen LogP contribution in [0.3, 0.4) is 0 Å². The van der Waals surface area contributed by atoms with Gasteiger partial charge in [0.15, 0.2) is 0 Å². The van der Waals surface area contributed by atoms with Gasteiger partial charge in [-0.1, -0.05) is 13.8 Å². The summed E-state index contributed by atoms with van der Waals surface area (Å²) in [6.07, 6.45) is 0. The number of urea groups is 1. The van der Waals surface area contributed by atoms with E-state index in [2.05, 4.69) is 24.1 Å². The van der Waals surface area contributed by atoms with E-state index in [1.54, 1.807) is 16.2 Å². The minimum atomic E-state index is -0.0528. The van der Waals surface area contributed by atoms with Crippen molar-refractivity contribution in [1.82, 2.24) is 9.88 Å². The summed E-state index contributed by atoms with van der Waals surface area (Å²) in [7, 11) is 0. The van der Waals surface area contributed by atoms with Crippen LogP contribution in [0.15, 0.2) is 18.2 Å². The largest absolute Gasteiger partial charge is 0.325 e. The summed E-state index contributed by atoms with van der Waals surface area (Å²) in [4.78, 5) is 18.4. The van der Waals surface area contributed by atoms with Crippen LogP contribution in [0.2, 0.25) is 0 Å². The second kappa shape index (κ2) is 6.22. The van der Waals surface area contributed by atoms with Gasteiger partial charge < -0.3 is 10.2 Å². The average molecular weight is 291 g/mol. The minimum absolute atomic E-state index is 0.0528. The Morgan fingerprint density at radius 1 is 1.35 bits per heavy atom. The quantitative estimate of drug-likeness (QED) is 0.913. The van der Waals surface area contributed by atoms with Gasteiger partial charge in [0.1, 0.15) is 0 Å². The molecule has 2 amide bonds. The van der Waals surface area contributed by atoms with E-state index in [1.807, 2.05) is 32.0 Å². The summed E-state index contributed by atoms with van der Waals surface area (Å²) < 4.78 is 1.12. The Kier molecular flexibility index (Phi) is 4.60. The van der Waals surface area contributed by atoms with E-state index in [-0.39, 0.29) is 6.03 Å². The van der Waals surface area contributed by atoms with Crippen LogP contribution in [0.25, 0.3) is 10.2 Å². The number of aromatic nitrogens is 1. The molecule has 0 bridgehead atoms. The van der Waals surface area contributed by atoms with Crippen molar-refractivity contribution in [2.24, 2.45) is 0 Å². The molecule has 108 valence electrons. The van der Waals surface area contributed by atoms with Crippen molar-refractivity contribution < 1.29 is 4.79 Å². The molecule has 0 radical (unpaired) electrons. The summed E-state index contributed by atoms with van der Waals surface area (Å²) in [6, 6.07) is 5.83. The molecule has 0 spiro atoms. The number of anilines is 1. The van der Waals surface area contributed by atoms with Gasteiger partial charge in [-0.3, -0.25) is 0 Å². The van der Waals surface area contributed by atoms with Gasteiger partial charge >= 0.3 is 6.03 Å². The first-order valence-electron chi connectivity index (χ1n) is 7.01. The Bertz CT molecular complexity index is 602. The topological polar surface area (TPSA) is 45.2 Å². The lowest BCUT2D eigenvalue weighted by atomic mass is 10.2. The maximum absolute atomic E-state index is 12.0. The maximum Gasteiger partial charge on any atom is 0.321 e. The normalized spacial score (nSPS) is 11.1. The number of thiazole rings is 1. The number of hydrogen-bond donors (Lipinski definition) is 1. The van der Waals surface area contributed by atoms with E-state index >= 15 is 0 Å². The third-order valence-corrected chi connectivity index (χ3v) is 4.52. The Balaban J connectivity index is 2.21. The smallest absolute Gasteiger partial charge is 0.321 e. The zero-order valence-electron chi connectivity index (χ0n) is 12.4. The Hall–Kier alpha value is -1.62.